The van der Waals surface area contributed by atoms with Gasteiger partial charge in [-0.05, 0) is 18.3 Å². The SMILES string of the molecule is CCS(=O)CCN1CC(CC(C)C)NCC1C(C)C. The Labute approximate surface area is 122 Å². The van der Waals surface area contributed by atoms with E-state index in [0.717, 1.165) is 37.1 Å². The number of hydrogen-bond acceptors (Lipinski definition) is 3. The molecule has 0 radical (unpaired) electrons. The Morgan fingerprint density at radius 2 is 2.00 bits per heavy atom. The highest BCUT2D eigenvalue weighted by molar-refractivity contribution is 7.84. The Kier molecular flexibility index (Phi) is 7.55. The zero-order valence-electron chi connectivity index (χ0n) is 13.3. The molecule has 1 heterocycles. The molecule has 0 aromatic rings. The van der Waals surface area contributed by atoms with Crippen LogP contribution in [0.1, 0.15) is 41.0 Å². The summed E-state index contributed by atoms with van der Waals surface area (Å²) in [6.07, 6.45) is 1.23. The summed E-state index contributed by atoms with van der Waals surface area (Å²) in [5, 5.41) is 3.70. The van der Waals surface area contributed by atoms with Crippen LogP contribution in [0.3, 0.4) is 0 Å². The average Bonchev–Trinajstić information content (AvgIpc) is 2.34. The Balaban J connectivity index is 2.54. The predicted octanol–water partition coefficient (Wildman–Crippen LogP) is 2.10. The molecular formula is C15H32N2OS. The van der Waals surface area contributed by atoms with Gasteiger partial charge < -0.3 is 5.32 Å². The highest BCUT2D eigenvalue weighted by atomic mass is 32.2. The van der Waals surface area contributed by atoms with Gasteiger partial charge in [0, 0.05) is 54.0 Å². The van der Waals surface area contributed by atoms with Crippen molar-refractivity contribution in [3.05, 3.63) is 0 Å². The molecule has 0 aromatic heterocycles. The van der Waals surface area contributed by atoms with Gasteiger partial charge in [0.15, 0.2) is 0 Å². The van der Waals surface area contributed by atoms with Crippen LogP contribution in [0, 0.1) is 11.8 Å². The van der Waals surface area contributed by atoms with Crippen LogP contribution < -0.4 is 5.32 Å². The molecule has 1 aliphatic rings. The second-order valence-electron chi connectivity index (χ2n) is 6.47. The molecule has 1 N–H and O–H groups in total. The molecule has 1 saturated heterocycles. The molecule has 114 valence electrons. The minimum absolute atomic E-state index is 0.595. The lowest BCUT2D eigenvalue weighted by Gasteiger charge is -2.43. The number of rotatable bonds is 7. The van der Waals surface area contributed by atoms with Crippen molar-refractivity contribution in [1.82, 2.24) is 10.2 Å². The van der Waals surface area contributed by atoms with Crippen LogP contribution in [0.4, 0.5) is 0 Å². The first-order chi connectivity index (χ1) is 8.93. The van der Waals surface area contributed by atoms with E-state index in [4.69, 9.17) is 0 Å². The number of piperazine rings is 1. The Morgan fingerprint density at radius 3 is 2.53 bits per heavy atom. The van der Waals surface area contributed by atoms with E-state index in [9.17, 15) is 4.21 Å². The second-order valence-corrected chi connectivity index (χ2v) is 8.34. The van der Waals surface area contributed by atoms with Crippen molar-refractivity contribution >= 4 is 10.8 Å². The third-order valence-electron chi connectivity index (χ3n) is 3.99. The monoisotopic (exact) mass is 288 g/mol. The van der Waals surface area contributed by atoms with Gasteiger partial charge in [-0.3, -0.25) is 9.11 Å². The Morgan fingerprint density at radius 1 is 1.32 bits per heavy atom. The van der Waals surface area contributed by atoms with E-state index in [1.807, 2.05) is 6.92 Å². The van der Waals surface area contributed by atoms with Crippen LogP contribution in [-0.2, 0) is 10.8 Å². The molecule has 0 spiro atoms. The van der Waals surface area contributed by atoms with Gasteiger partial charge in [0.1, 0.15) is 0 Å². The number of nitrogens with one attached hydrogen (secondary N) is 1. The summed E-state index contributed by atoms with van der Waals surface area (Å²) in [6, 6.07) is 1.20. The standard InChI is InChI=1S/C15H32N2OS/c1-6-19(18)8-7-17-11-14(9-12(2)3)16-10-15(17)13(4)5/h12-16H,6-11H2,1-5H3. The first-order valence-electron chi connectivity index (χ1n) is 7.76. The highest BCUT2D eigenvalue weighted by Gasteiger charge is 2.29. The zero-order chi connectivity index (χ0) is 14.4. The van der Waals surface area contributed by atoms with E-state index in [1.165, 1.54) is 6.42 Å². The highest BCUT2D eigenvalue weighted by Crippen LogP contribution is 2.18. The molecule has 0 amide bonds. The zero-order valence-corrected chi connectivity index (χ0v) is 14.1. The summed E-state index contributed by atoms with van der Waals surface area (Å²) in [5.74, 6) is 3.00. The third kappa shape index (κ3) is 5.92. The number of hydrogen-bond donors (Lipinski definition) is 1. The minimum atomic E-state index is -0.641. The molecule has 0 saturated carbocycles. The van der Waals surface area contributed by atoms with Crippen molar-refractivity contribution < 1.29 is 4.21 Å². The fourth-order valence-electron chi connectivity index (χ4n) is 2.90. The van der Waals surface area contributed by atoms with Gasteiger partial charge in [0.25, 0.3) is 0 Å². The van der Waals surface area contributed by atoms with E-state index in [-0.39, 0.29) is 0 Å². The van der Waals surface area contributed by atoms with Gasteiger partial charge in [0.05, 0.1) is 0 Å². The maximum atomic E-state index is 11.7. The van der Waals surface area contributed by atoms with Crippen molar-refractivity contribution in [2.45, 2.75) is 53.1 Å². The quantitative estimate of drug-likeness (QED) is 0.778. The first kappa shape index (κ1) is 17.1. The van der Waals surface area contributed by atoms with E-state index in [0.29, 0.717) is 18.0 Å². The topological polar surface area (TPSA) is 32.3 Å². The fraction of sp³-hybridized carbons (Fsp3) is 1.00. The van der Waals surface area contributed by atoms with Crippen molar-refractivity contribution in [3.63, 3.8) is 0 Å². The Hall–Kier alpha value is 0.0700. The van der Waals surface area contributed by atoms with E-state index in [1.54, 1.807) is 0 Å². The van der Waals surface area contributed by atoms with Gasteiger partial charge in [0.2, 0.25) is 0 Å². The first-order valence-corrected chi connectivity index (χ1v) is 9.25. The molecule has 3 nitrogen and oxygen atoms in total. The summed E-state index contributed by atoms with van der Waals surface area (Å²) >= 11 is 0. The van der Waals surface area contributed by atoms with Gasteiger partial charge >= 0.3 is 0 Å². The van der Waals surface area contributed by atoms with Gasteiger partial charge in [-0.2, -0.15) is 0 Å². The van der Waals surface area contributed by atoms with Crippen LogP contribution >= 0.6 is 0 Å². The molecule has 19 heavy (non-hydrogen) atoms. The largest absolute Gasteiger partial charge is 0.311 e. The molecule has 0 aromatic carbocycles. The van der Waals surface area contributed by atoms with Crippen LogP contribution in [-0.4, -0.2) is 52.3 Å². The third-order valence-corrected chi connectivity index (χ3v) is 5.28. The number of nitrogens with zero attached hydrogens (tertiary/aromatic N) is 1. The van der Waals surface area contributed by atoms with Crippen LogP contribution in [0.5, 0.6) is 0 Å². The summed E-state index contributed by atoms with van der Waals surface area (Å²) in [4.78, 5) is 2.57. The van der Waals surface area contributed by atoms with Gasteiger partial charge in [-0.1, -0.05) is 34.6 Å². The molecule has 3 unspecified atom stereocenters. The van der Waals surface area contributed by atoms with Crippen LogP contribution in [0.25, 0.3) is 0 Å². The molecule has 3 atom stereocenters. The average molecular weight is 289 g/mol. The Bertz CT molecular complexity index is 281. The lowest BCUT2D eigenvalue weighted by molar-refractivity contribution is 0.0989. The summed E-state index contributed by atoms with van der Waals surface area (Å²) in [6.45, 7) is 14.3. The van der Waals surface area contributed by atoms with Gasteiger partial charge in [-0.15, -0.1) is 0 Å². The van der Waals surface area contributed by atoms with Crippen LogP contribution in [0.15, 0.2) is 0 Å². The molecule has 1 fully saturated rings. The summed E-state index contributed by atoms with van der Waals surface area (Å²) in [7, 11) is -0.641. The van der Waals surface area contributed by atoms with Crippen LogP contribution in [0.2, 0.25) is 0 Å². The molecule has 1 rings (SSSR count). The predicted molar refractivity (Wildman–Crippen MR) is 85.0 cm³/mol. The van der Waals surface area contributed by atoms with Crippen molar-refractivity contribution in [2.24, 2.45) is 11.8 Å². The molecular weight excluding hydrogens is 256 g/mol. The smallest absolute Gasteiger partial charge is 0.0362 e. The fourth-order valence-corrected chi connectivity index (χ4v) is 3.63. The van der Waals surface area contributed by atoms with Crippen molar-refractivity contribution in [1.29, 1.82) is 0 Å². The maximum Gasteiger partial charge on any atom is 0.0362 e. The molecule has 0 aliphatic carbocycles. The molecule has 0 bridgehead atoms. The lowest BCUT2D eigenvalue weighted by Crippen LogP contribution is -2.59. The summed E-state index contributed by atoms with van der Waals surface area (Å²) < 4.78 is 11.7. The van der Waals surface area contributed by atoms with E-state index in [2.05, 4.69) is 37.9 Å². The van der Waals surface area contributed by atoms with Crippen molar-refractivity contribution in [2.75, 3.05) is 31.1 Å². The maximum absolute atomic E-state index is 11.7. The van der Waals surface area contributed by atoms with E-state index < -0.39 is 10.8 Å². The molecule has 1 aliphatic heterocycles. The van der Waals surface area contributed by atoms with E-state index >= 15 is 0 Å². The lowest BCUT2D eigenvalue weighted by atomic mass is 9.95. The summed E-state index contributed by atoms with van der Waals surface area (Å²) in [5.41, 5.74) is 0. The van der Waals surface area contributed by atoms with Gasteiger partial charge in [-0.25, -0.2) is 0 Å². The molecule has 4 heteroatoms. The minimum Gasteiger partial charge on any atom is -0.311 e. The normalized spacial score (nSPS) is 27.1. The van der Waals surface area contributed by atoms with Crippen molar-refractivity contribution in [3.8, 4) is 0 Å². The second kappa shape index (κ2) is 8.38.